The Labute approximate surface area is 97.3 Å². The van der Waals surface area contributed by atoms with Gasteiger partial charge in [-0.15, -0.1) is 0 Å². The van der Waals surface area contributed by atoms with Gasteiger partial charge in [-0.3, -0.25) is 4.79 Å². The number of nitrogens with zero attached hydrogens (tertiary/aromatic N) is 2. The molecule has 0 saturated heterocycles. The van der Waals surface area contributed by atoms with E-state index in [-0.39, 0.29) is 18.2 Å². The van der Waals surface area contributed by atoms with E-state index in [1.807, 2.05) is 0 Å². The molecule has 0 bridgehead atoms. The summed E-state index contributed by atoms with van der Waals surface area (Å²) in [5, 5.41) is 11.2. The van der Waals surface area contributed by atoms with Crippen LogP contribution in [0.15, 0.2) is 5.16 Å². The molecule has 0 fully saturated rings. The topological polar surface area (TPSA) is 78.9 Å². The van der Waals surface area contributed by atoms with E-state index in [0.29, 0.717) is 24.9 Å². The van der Waals surface area contributed by atoms with Crippen LogP contribution >= 0.6 is 0 Å². The van der Waals surface area contributed by atoms with E-state index in [1.165, 1.54) is 0 Å². The van der Waals surface area contributed by atoms with Gasteiger partial charge in [0.2, 0.25) is 5.91 Å². The van der Waals surface area contributed by atoms with Crippen LogP contribution in [-0.4, -0.2) is 34.9 Å². The van der Waals surface area contributed by atoms with Crippen molar-refractivity contribution in [1.29, 1.82) is 0 Å². The predicted molar refractivity (Wildman–Crippen MR) is 64.3 cm³/mol. The standard InChI is InChI=1S/C11H23N3O2/c1-8(2)6-14(7-9(3)4)11(15)5-10(12)13-16/h8-9,16H,5-7H2,1-4H3,(H2,12,13). The second kappa shape index (κ2) is 7.09. The Morgan fingerprint density at radius 1 is 1.25 bits per heavy atom. The van der Waals surface area contributed by atoms with Crippen LogP contribution in [0.2, 0.25) is 0 Å². The number of hydrogen-bond acceptors (Lipinski definition) is 3. The maximum atomic E-state index is 11.8. The van der Waals surface area contributed by atoms with Gasteiger partial charge in [-0.2, -0.15) is 0 Å². The van der Waals surface area contributed by atoms with Crippen molar-refractivity contribution in [1.82, 2.24) is 4.90 Å². The zero-order valence-corrected chi connectivity index (χ0v) is 10.6. The number of hydrogen-bond donors (Lipinski definition) is 2. The summed E-state index contributed by atoms with van der Waals surface area (Å²) in [5.41, 5.74) is 5.33. The van der Waals surface area contributed by atoms with Gasteiger partial charge >= 0.3 is 0 Å². The number of carbonyl (C=O) groups excluding carboxylic acids is 1. The van der Waals surface area contributed by atoms with Gasteiger partial charge in [0, 0.05) is 13.1 Å². The molecule has 0 aliphatic rings. The summed E-state index contributed by atoms with van der Waals surface area (Å²) in [6.45, 7) is 9.65. The first-order valence-electron chi connectivity index (χ1n) is 5.61. The van der Waals surface area contributed by atoms with E-state index < -0.39 is 0 Å². The second-order valence-corrected chi connectivity index (χ2v) is 4.85. The highest BCUT2D eigenvalue weighted by Crippen LogP contribution is 2.05. The van der Waals surface area contributed by atoms with Crippen LogP contribution < -0.4 is 5.73 Å². The fraction of sp³-hybridized carbons (Fsp3) is 0.818. The van der Waals surface area contributed by atoms with Gasteiger partial charge in [-0.1, -0.05) is 32.9 Å². The number of amidine groups is 1. The van der Waals surface area contributed by atoms with Crippen molar-refractivity contribution in [3.8, 4) is 0 Å². The van der Waals surface area contributed by atoms with Crippen LogP contribution in [0, 0.1) is 11.8 Å². The summed E-state index contributed by atoms with van der Waals surface area (Å²) in [4.78, 5) is 13.6. The molecule has 3 N–H and O–H groups in total. The van der Waals surface area contributed by atoms with Crippen LogP contribution in [0.5, 0.6) is 0 Å². The van der Waals surface area contributed by atoms with Gasteiger partial charge in [-0.05, 0) is 11.8 Å². The lowest BCUT2D eigenvalue weighted by Crippen LogP contribution is -2.38. The first kappa shape index (κ1) is 14.7. The lowest BCUT2D eigenvalue weighted by molar-refractivity contribution is -0.131. The molecule has 0 atom stereocenters. The minimum absolute atomic E-state index is 0.0179. The average Bonchev–Trinajstić information content (AvgIpc) is 2.15. The molecule has 1 amide bonds. The van der Waals surface area contributed by atoms with Crippen molar-refractivity contribution in [2.75, 3.05) is 13.1 Å². The summed E-state index contributed by atoms with van der Waals surface area (Å²) < 4.78 is 0. The SMILES string of the molecule is CC(C)CN(CC(C)C)C(=O)C/C(N)=N/O. The van der Waals surface area contributed by atoms with Gasteiger partial charge in [0.15, 0.2) is 0 Å². The fourth-order valence-corrected chi connectivity index (χ4v) is 1.46. The van der Waals surface area contributed by atoms with Gasteiger partial charge in [0.05, 0.1) is 6.42 Å². The van der Waals surface area contributed by atoms with E-state index in [4.69, 9.17) is 10.9 Å². The quantitative estimate of drug-likeness (QED) is 0.311. The van der Waals surface area contributed by atoms with Gasteiger partial charge in [-0.25, -0.2) is 0 Å². The molecule has 0 aromatic rings. The largest absolute Gasteiger partial charge is 0.409 e. The summed E-state index contributed by atoms with van der Waals surface area (Å²) in [6, 6.07) is 0. The average molecular weight is 229 g/mol. The highest BCUT2D eigenvalue weighted by molar-refractivity contribution is 5.98. The van der Waals surface area contributed by atoms with Crippen LogP contribution in [0.1, 0.15) is 34.1 Å². The molecule has 0 aromatic heterocycles. The second-order valence-electron chi connectivity index (χ2n) is 4.85. The molecule has 0 spiro atoms. The van der Waals surface area contributed by atoms with Crippen LogP contribution in [0.3, 0.4) is 0 Å². The molecule has 0 aliphatic heterocycles. The maximum Gasteiger partial charge on any atom is 0.230 e. The lowest BCUT2D eigenvalue weighted by atomic mass is 10.1. The van der Waals surface area contributed by atoms with Gasteiger partial charge in [0.25, 0.3) is 0 Å². The van der Waals surface area contributed by atoms with Crippen molar-refractivity contribution in [3.05, 3.63) is 0 Å². The van der Waals surface area contributed by atoms with Crippen LogP contribution in [-0.2, 0) is 4.79 Å². The third-order valence-corrected chi connectivity index (χ3v) is 1.98. The minimum Gasteiger partial charge on any atom is -0.409 e. The number of nitrogens with two attached hydrogens (primary N) is 1. The van der Waals surface area contributed by atoms with E-state index in [2.05, 4.69) is 32.9 Å². The zero-order chi connectivity index (χ0) is 12.7. The highest BCUT2D eigenvalue weighted by atomic mass is 16.4. The summed E-state index contributed by atoms with van der Waals surface area (Å²) >= 11 is 0. The molecule has 0 unspecified atom stereocenters. The summed E-state index contributed by atoms with van der Waals surface area (Å²) in [6.07, 6.45) is -0.0179. The lowest BCUT2D eigenvalue weighted by Gasteiger charge is -2.26. The number of amides is 1. The smallest absolute Gasteiger partial charge is 0.230 e. The van der Waals surface area contributed by atoms with E-state index in [9.17, 15) is 4.79 Å². The molecule has 0 aliphatic carbocycles. The highest BCUT2D eigenvalue weighted by Gasteiger charge is 2.17. The molecule has 0 heterocycles. The molecule has 5 heteroatoms. The van der Waals surface area contributed by atoms with Crippen molar-refractivity contribution in [2.24, 2.45) is 22.7 Å². The van der Waals surface area contributed by atoms with Crippen LogP contribution in [0.4, 0.5) is 0 Å². The third-order valence-electron chi connectivity index (χ3n) is 1.98. The van der Waals surface area contributed by atoms with Crippen molar-refractivity contribution in [3.63, 3.8) is 0 Å². The Hall–Kier alpha value is -1.26. The normalized spacial score (nSPS) is 12.2. The maximum absolute atomic E-state index is 11.8. The molecular weight excluding hydrogens is 206 g/mol. The zero-order valence-electron chi connectivity index (χ0n) is 10.6. The van der Waals surface area contributed by atoms with Crippen molar-refractivity contribution >= 4 is 11.7 Å². The Morgan fingerprint density at radius 2 is 1.69 bits per heavy atom. The molecule has 0 saturated carbocycles. The van der Waals surface area contributed by atoms with Crippen molar-refractivity contribution < 1.29 is 10.0 Å². The van der Waals surface area contributed by atoms with E-state index in [1.54, 1.807) is 4.90 Å². The Morgan fingerprint density at radius 3 is 2.00 bits per heavy atom. The molecule has 94 valence electrons. The molecule has 5 nitrogen and oxygen atoms in total. The van der Waals surface area contributed by atoms with E-state index in [0.717, 1.165) is 0 Å². The molecule has 0 radical (unpaired) electrons. The van der Waals surface area contributed by atoms with E-state index >= 15 is 0 Å². The third kappa shape index (κ3) is 6.27. The Kier molecular flexibility index (Phi) is 6.53. The van der Waals surface area contributed by atoms with Crippen LogP contribution in [0.25, 0.3) is 0 Å². The van der Waals surface area contributed by atoms with Crippen molar-refractivity contribution in [2.45, 2.75) is 34.1 Å². The number of rotatable bonds is 6. The molecule has 0 aromatic carbocycles. The first-order chi connectivity index (χ1) is 7.36. The first-order valence-corrected chi connectivity index (χ1v) is 5.61. The Balaban J connectivity index is 4.43. The molecule has 0 rings (SSSR count). The fourth-order valence-electron chi connectivity index (χ4n) is 1.46. The number of oxime groups is 1. The molecule has 16 heavy (non-hydrogen) atoms. The molecular formula is C11H23N3O2. The van der Waals surface area contributed by atoms with Gasteiger partial charge < -0.3 is 15.8 Å². The predicted octanol–water partition coefficient (Wildman–Crippen LogP) is 1.26. The number of carbonyl (C=O) groups is 1. The monoisotopic (exact) mass is 229 g/mol. The minimum atomic E-state index is -0.0855. The van der Waals surface area contributed by atoms with Gasteiger partial charge in [0.1, 0.15) is 5.84 Å². The Bertz CT molecular complexity index is 240. The summed E-state index contributed by atoms with van der Waals surface area (Å²) in [7, 11) is 0. The summed E-state index contributed by atoms with van der Waals surface area (Å²) in [5.74, 6) is 0.699.